The van der Waals surface area contributed by atoms with E-state index in [0.717, 1.165) is 3.57 Å². The van der Waals surface area contributed by atoms with Crippen LogP contribution in [-0.4, -0.2) is 12.1 Å². The molecule has 0 aliphatic carbocycles. The smallest absolute Gasteiger partial charge is 0.341 e. The van der Waals surface area contributed by atoms with Crippen LogP contribution in [-0.2, 0) is 4.74 Å². The zero-order chi connectivity index (χ0) is 10.7. The second kappa shape index (κ2) is 4.72. The molecule has 0 unspecified atom stereocenters. The molecule has 14 heavy (non-hydrogen) atoms. The number of benzene rings is 1. The van der Waals surface area contributed by atoms with Crippen molar-refractivity contribution in [2.24, 2.45) is 0 Å². The Bertz CT molecular complexity index is 350. The fraction of sp³-hybridized carbons (Fsp3) is 0.300. The number of carbonyl (C=O) groups excluding carboxylic acids is 1. The molecule has 0 aromatic heterocycles. The van der Waals surface area contributed by atoms with Gasteiger partial charge in [-0.15, -0.1) is 0 Å². The summed E-state index contributed by atoms with van der Waals surface area (Å²) < 4.78 is 18.9. The van der Waals surface area contributed by atoms with Gasteiger partial charge in [0.25, 0.3) is 0 Å². The van der Waals surface area contributed by atoms with Crippen molar-refractivity contribution in [3.8, 4) is 0 Å². The average Bonchev–Trinajstić information content (AvgIpc) is 2.08. The van der Waals surface area contributed by atoms with Crippen molar-refractivity contribution in [1.82, 2.24) is 0 Å². The molecule has 1 aromatic carbocycles. The van der Waals surface area contributed by atoms with Crippen molar-refractivity contribution >= 4 is 28.6 Å². The van der Waals surface area contributed by atoms with E-state index in [-0.39, 0.29) is 11.7 Å². The Morgan fingerprint density at radius 3 is 2.71 bits per heavy atom. The summed E-state index contributed by atoms with van der Waals surface area (Å²) in [5.41, 5.74) is -0.00870. The van der Waals surface area contributed by atoms with E-state index < -0.39 is 11.8 Å². The minimum absolute atomic E-state index is 0.00870. The second-order valence-electron chi connectivity index (χ2n) is 3.08. The van der Waals surface area contributed by atoms with E-state index in [0.29, 0.717) is 0 Å². The SMILES string of the molecule is CC(C)OC(=O)c1cc(I)ccc1F. The lowest BCUT2D eigenvalue weighted by molar-refractivity contribution is 0.0372. The van der Waals surface area contributed by atoms with Crippen molar-refractivity contribution in [1.29, 1.82) is 0 Å². The molecule has 0 aliphatic heterocycles. The van der Waals surface area contributed by atoms with Crippen LogP contribution in [0.4, 0.5) is 4.39 Å². The van der Waals surface area contributed by atoms with Gasteiger partial charge in [0, 0.05) is 3.57 Å². The lowest BCUT2D eigenvalue weighted by Crippen LogP contribution is -2.13. The summed E-state index contributed by atoms with van der Waals surface area (Å²) in [5, 5.41) is 0. The van der Waals surface area contributed by atoms with E-state index in [1.165, 1.54) is 12.1 Å². The topological polar surface area (TPSA) is 26.3 Å². The summed E-state index contributed by atoms with van der Waals surface area (Å²) in [5.74, 6) is -1.16. The van der Waals surface area contributed by atoms with Crippen LogP contribution in [0, 0.1) is 9.39 Å². The molecule has 2 nitrogen and oxygen atoms in total. The fourth-order valence-corrected chi connectivity index (χ4v) is 1.42. The van der Waals surface area contributed by atoms with Crippen LogP contribution < -0.4 is 0 Å². The van der Waals surface area contributed by atoms with Crippen LogP contribution in [0.25, 0.3) is 0 Å². The fourth-order valence-electron chi connectivity index (χ4n) is 0.931. The molecule has 0 fully saturated rings. The van der Waals surface area contributed by atoms with Crippen molar-refractivity contribution in [3.05, 3.63) is 33.1 Å². The third kappa shape index (κ3) is 2.94. The van der Waals surface area contributed by atoms with Crippen LogP contribution in [0.2, 0.25) is 0 Å². The molecular formula is C10H10FIO2. The van der Waals surface area contributed by atoms with Gasteiger partial charge in [-0.25, -0.2) is 9.18 Å². The van der Waals surface area contributed by atoms with Gasteiger partial charge in [0.1, 0.15) is 5.82 Å². The van der Waals surface area contributed by atoms with E-state index in [9.17, 15) is 9.18 Å². The molecule has 0 atom stereocenters. The Kier molecular flexibility index (Phi) is 3.86. The zero-order valence-corrected chi connectivity index (χ0v) is 10.0. The summed E-state index contributed by atoms with van der Waals surface area (Å²) in [7, 11) is 0. The predicted molar refractivity (Wildman–Crippen MR) is 59.7 cm³/mol. The van der Waals surface area contributed by atoms with Gasteiger partial charge in [-0.05, 0) is 54.6 Å². The first-order chi connectivity index (χ1) is 6.50. The third-order valence-electron chi connectivity index (χ3n) is 1.49. The molecule has 0 saturated carbocycles. The molecule has 0 N–H and O–H groups in total. The van der Waals surface area contributed by atoms with Crippen LogP contribution in [0.15, 0.2) is 18.2 Å². The van der Waals surface area contributed by atoms with Gasteiger partial charge >= 0.3 is 5.97 Å². The molecule has 0 heterocycles. The standard InChI is InChI=1S/C10H10FIO2/c1-6(2)14-10(13)8-5-7(12)3-4-9(8)11/h3-6H,1-2H3. The summed E-state index contributed by atoms with van der Waals surface area (Å²) in [6.07, 6.45) is -0.236. The van der Waals surface area contributed by atoms with Gasteiger partial charge < -0.3 is 4.74 Å². The number of rotatable bonds is 2. The van der Waals surface area contributed by atoms with Crippen LogP contribution >= 0.6 is 22.6 Å². The summed E-state index contributed by atoms with van der Waals surface area (Å²) in [4.78, 5) is 11.4. The Balaban J connectivity index is 2.94. The maximum atomic E-state index is 13.2. The number of ether oxygens (including phenoxy) is 1. The normalized spacial score (nSPS) is 10.4. The largest absolute Gasteiger partial charge is 0.459 e. The number of esters is 1. The highest BCUT2D eigenvalue weighted by atomic mass is 127. The highest BCUT2D eigenvalue weighted by Gasteiger charge is 2.14. The van der Waals surface area contributed by atoms with Gasteiger partial charge in [-0.2, -0.15) is 0 Å². The Hall–Kier alpha value is -0.650. The summed E-state index contributed by atoms with van der Waals surface area (Å²) in [6.45, 7) is 3.45. The molecule has 0 radical (unpaired) electrons. The summed E-state index contributed by atoms with van der Waals surface area (Å²) >= 11 is 2.01. The van der Waals surface area contributed by atoms with Gasteiger partial charge in [0.2, 0.25) is 0 Å². The minimum atomic E-state index is -0.615. The highest BCUT2D eigenvalue weighted by molar-refractivity contribution is 14.1. The van der Waals surface area contributed by atoms with Crippen molar-refractivity contribution < 1.29 is 13.9 Å². The summed E-state index contributed by atoms with van der Waals surface area (Å²) in [6, 6.07) is 4.33. The Labute approximate surface area is 95.6 Å². The lowest BCUT2D eigenvalue weighted by Gasteiger charge is -2.08. The predicted octanol–water partition coefficient (Wildman–Crippen LogP) is 3.00. The van der Waals surface area contributed by atoms with E-state index in [2.05, 4.69) is 0 Å². The molecule has 4 heteroatoms. The van der Waals surface area contributed by atoms with E-state index >= 15 is 0 Å². The number of carbonyl (C=O) groups is 1. The van der Waals surface area contributed by atoms with Gasteiger partial charge in [0.05, 0.1) is 11.7 Å². The number of halogens is 2. The van der Waals surface area contributed by atoms with Crippen molar-refractivity contribution in [2.75, 3.05) is 0 Å². The molecular weight excluding hydrogens is 298 g/mol. The van der Waals surface area contributed by atoms with Crippen molar-refractivity contribution in [2.45, 2.75) is 20.0 Å². The lowest BCUT2D eigenvalue weighted by atomic mass is 10.2. The van der Waals surface area contributed by atoms with Crippen LogP contribution in [0.5, 0.6) is 0 Å². The minimum Gasteiger partial charge on any atom is -0.459 e. The average molecular weight is 308 g/mol. The molecule has 76 valence electrons. The van der Waals surface area contributed by atoms with Gasteiger partial charge in [0.15, 0.2) is 0 Å². The number of hydrogen-bond acceptors (Lipinski definition) is 2. The first-order valence-corrected chi connectivity index (χ1v) is 5.24. The molecule has 1 aromatic rings. The van der Waals surface area contributed by atoms with Gasteiger partial charge in [-0.3, -0.25) is 0 Å². The van der Waals surface area contributed by atoms with E-state index in [1.807, 2.05) is 22.6 Å². The molecule has 0 amide bonds. The molecule has 0 aliphatic rings. The van der Waals surface area contributed by atoms with Crippen molar-refractivity contribution in [3.63, 3.8) is 0 Å². The third-order valence-corrected chi connectivity index (χ3v) is 2.16. The monoisotopic (exact) mass is 308 g/mol. The molecule has 0 spiro atoms. The van der Waals surface area contributed by atoms with E-state index in [4.69, 9.17) is 4.74 Å². The first kappa shape index (κ1) is 11.4. The first-order valence-electron chi connectivity index (χ1n) is 4.16. The zero-order valence-electron chi connectivity index (χ0n) is 7.88. The van der Waals surface area contributed by atoms with Gasteiger partial charge in [-0.1, -0.05) is 0 Å². The number of hydrogen-bond donors (Lipinski definition) is 0. The molecule has 0 bridgehead atoms. The van der Waals surface area contributed by atoms with Crippen LogP contribution in [0.3, 0.4) is 0 Å². The molecule has 1 rings (SSSR count). The molecule has 0 saturated heterocycles. The quantitative estimate of drug-likeness (QED) is 0.620. The Morgan fingerprint density at radius 1 is 1.50 bits per heavy atom. The maximum Gasteiger partial charge on any atom is 0.341 e. The highest BCUT2D eigenvalue weighted by Crippen LogP contribution is 2.14. The second-order valence-corrected chi connectivity index (χ2v) is 4.32. The maximum absolute atomic E-state index is 13.2. The van der Waals surface area contributed by atoms with E-state index in [1.54, 1.807) is 19.9 Å². The van der Waals surface area contributed by atoms with Crippen LogP contribution in [0.1, 0.15) is 24.2 Å². The Morgan fingerprint density at radius 2 is 2.14 bits per heavy atom.